The van der Waals surface area contributed by atoms with Crippen molar-refractivity contribution >= 4 is 17.6 Å². The zero-order valence-electron chi connectivity index (χ0n) is 22.2. The molecule has 0 radical (unpaired) electrons. The largest absolute Gasteiger partial charge is 0.497 e. The number of carbonyl (C=O) groups is 2. The van der Waals surface area contributed by atoms with Gasteiger partial charge in [0, 0.05) is 29.7 Å². The Bertz CT molecular complexity index is 1190. The number of methoxy groups -OCH3 is 2. The van der Waals surface area contributed by atoms with Crippen molar-refractivity contribution in [3.8, 4) is 17.2 Å². The predicted octanol–water partition coefficient (Wildman–Crippen LogP) is 4.99. The van der Waals surface area contributed by atoms with Crippen molar-refractivity contribution in [3.05, 3.63) is 65.4 Å². The molecule has 0 unspecified atom stereocenters. The second-order valence-corrected chi connectivity index (χ2v) is 9.79. The van der Waals surface area contributed by atoms with Crippen LogP contribution < -0.4 is 14.8 Å². The van der Waals surface area contributed by atoms with E-state index in [-0.39, 0.29) is 23.8 Å². The summed E-state index contributed by atoms with van der Waals surface area (Å²) in [5.41, 5.74) is 3.02. The molecule has 3 rings (SSSR count). The summed E-state index contributed by atoms with van der Waals surface area (Å²) < 4.78 is 12.3. The van der Waals surface area contributed by atoms with E-state index >= 15 is 0 Å². The number of carbonyl (C=O) groups excluding carboxylic acids is 2. The van der Waals surface area contributed by atoms with E-state index in [1.165, 1.54) is 19.1 Å². The van der Waals surface area contributed by atoms with Crippen LogP contribution >= 0.6 is 0 Å². The van der Waals surface area contributed by atoms with Crippen LogP contribution in [0.2, 0.25) is 0 Å². The molecule has 192 valence electrons. The van der Waals surface area contributed by atoms with E-state index in [1.807, 2.05) is 44.2 Å². The summed E-state index contributed by atoms with van der Waals surface area (Å²) in [6, 6.07) is 14.8. The van der Waals surface area contributed by atoms with Crippen LogP contribution in [0.4, 0.5) is 5.82 Å². The summed E-state index contributed by atoms with van der Waals surface area (Å²) in [6.07, 6.45) is 0.704. The number of amides is 2. The molecule has 36 heavy (non-hydrogen) atoms. The number of ether oxygens (including phenoxy) is 2. The maximum absolute atomic E-state index is 13.3. The average Bonchev–Trinajstić information content (AvgIpc) is 3.27. The minimum atomic E-state index is -0.305. The average molecular weight is 493 g/mol. The van der Waals surface area contributed by atoms with Crippen molar-refractivity contribution < 1.29 is 19.1 Å². The van der Waals surface area contributed by atoms with E-state index in [4.69, 9.17) is 14.6 Å². The van der Waals surface area contributed by atoms with Crippen LogP contribution in [0.5, 0.6) is 11.5 Å². The lowest BCUT2D eigenvalue weighted by molar-refractivity contribution is -0.116. The monoisotopic (exact) mass is 492 g/mol. The van der Waals surface area contributed by atoms with Crippen LogP contribution in [-0.2, 0) is 10.2 Å². The zero-order valence-corrected chi connectivity index (χ0v) is 22.2. The third-order valence-electron chi connectivity index (χ3n) is 5.74. The third-order valence-corrected chi connectivity index (χ3v) is 5.74. The molecule has 0 aliphatic carbocycles. The fourth-order valence-corrected chi connectivity index (χ4v) is 3.71. The van der Waals surface area contributed by atoms with E-state index in [0.717, 1.165) is 16.9 Å². The Hall–Kier alpha value is -3.81. The quantitative estimate of drug-likeness (QED) is 0.455. The summed E-state index contributed by atoms with van der Waals surface area (Å²) >= 11 is 0. The van der Waals surface area contributed by atoms with Crippen molar-refractivity contribution in [2.75, 3.05) is 32.6 Å². The van der Waals surface area contributed by atoms with Crippen LogP contribution in [0.3, 0.4) is 0 Å². The maximum atomic E-state index is 13.3. The molecule has 1 heterocycles. The highest BCUT2D eigenvalue weighted by atomic mass is 16.5. The van der Waals surface area contributed by atoms with Crippen molar-refractivity contribution in [3.63, 3.8) is 0 Å². The first-order valence-corrected chi connectivity index (χ1v) is 12.1. The molecule has 0 bridgehead atoms. The Kier molecular flexibility index (Phi) is 8.40. The molecule has 0 atom stereocenters. The SMILES string of the molecule is CCCN(CC(=O)Nc1cc(C(C)(C)C)nn1-c1ccc(C)cc1)C(=O)c1cc(OC)cc(OC)c1. The van der Waals surface area contributed by atoms with Crippen molar-refractivity contribution in [2.45, 2.75) is 46.5 Å². The summed E-state index contributed by atoms with van der Waals surface area (Å²) in [4.78, 5) is 28.0. The Morgan fingerprint density at radius 1 is 1.00 bits per heavy atom. The molecule has 0 aliphatic heterocycles. The van der Waals surface area contributed by atoms with Crippen LogP contribution in [-0.4, -0.2) is 53.8 Å². The lowest BCUT2D eigenvalue weighted by Crippen LogP contribution is -2.38. The van der Waals surface area contributed by atoms with E-state index < -0.39 is 0 Å². The first kappa shape index (κ1) is 26.8. The van der Waals surface area contributed by atoms with Crippen molar-refractivity contribution in [1.29, 1.82) is 0 Å². The molecule has 1 aromatic heterocycles. The van der Waals surface area contributed by atoms with Gasteiger partial charge in [0.1, 0.15) is 23.9 Å². The standard InChI is InChI=1S/C28H36N4O4/c1-8-13-31(27(34)20-14-22(35-6)16-23(15-20)36-7)18-26(33)29-25-17-24(28(3,4)5)30-32(25)21-11-9-19(2)10-12-21/h9-12,14-17H,8,13,18H2,1-7H3,(H,29,33). The smallest absolute Gasteiger partial charge is 0.254 e. The van der Waals surface area contributed by atoms with Gasteiger partial charge in [-0.3, -0.25) is 9.59 Å². The summed E-state index contributed by atoms with van der Waals surface area (Å²) in [5, 5.41) is 7.74. The minimum Gasteiger partial charge on any atom is -0.497 e. The molecule has 3 aromatic rings. The third kappa shape index (κ3) is 6.44. The van der Waals surface area contributed by atoms with Crippen LogP contribution in [0.1, 0.15) is 55.7 Å². The highest BCUT2D eigenvalue weighted by Gasteiger charge is 2.24. The van der Waals surface area contributed by atoms with Gasteiger partial charge in [-0.05, 0) is 37.6 Å². The van der Waals surface area contributed by atoms with Gasteiger partial charge >= 0.3 is 0 Å². The Labute approximate surface area is 213 Å². The molecule has 0 saturated heterocycles. The fraction of sp³-hybridized carbons (Fsp3) is 0.393. The molecule has 1 N–H and O–H groups in total. The topological polar surface area (TPSA) is 85.7 Å². The Morgan fingerprint density at radius 3 is 2.14 bits per heavy atom. The number of anilines is 1. The minimum absolute atomic E-state index is 0.101. The van der Waals surface area contributed by atoms with Gasteiger partial charge in [-0.1, -0.05) is 45.4 Å². The van der Waals surface area contributed by atoms with Gasteiger partial charge in [-0.25, -0.2) is 4.68 Å². The molecule has 0 saturated carbocycles. The number of aryl methyl sites for hydroxylation is 1. The first-order valence-electron chi connectivity index (χ1n) is 12.1. The lowest BCUT2D eigenvalue weighted by Gasteiger charge is -2.22. The second kappa shape index (κ2) is 11.3. The Balaban J connectivity index is 1.87. The predicted molar refractivity (Wildman–Crippen MR) is 141 cm³/mol. The Morgan fingerprint density at radius 2 is 1.61 bits per heavy atom. The molecule has 0 fully saturated rings. The number of rotatable bonds is 9. The highest BCUT2D eigenvalue weighted by Crippen LogP contribution is 2.27. The number of hydrogen-bond donors (Lipinski definition) is 1. The molecule has 0 aliphatic rings. The number of nitrogens with one attached hydrogen (secondary N) is 1. The molecular weight excluding hydrogens is 456 g/mol. The fourth-order valence-electron chi connectivity index (χ4n) is 3.71. The number of nitrogens with zero attached hydrogens (tertiary/aromatic N) is 3. The molecule has 2 amide bonds. The molecule has 8 nitrogen and oxygen atoms in total. The van der Waals surface area contributed by atoms with E-state index in [2.05, 4.69) is 26.1 Å². The second-order valence-electron chi connectivity index (χ2n) is 9.79. The number of aromatic nitrogens is 2. The van der Waals surface area contributed by atoms with Crippen LogP contribution in [0.25, 0.3) is 5.69 Å². The summed E-state index contributed by atoms with van der Waals surface area (Å²) in [6.45, 7) is 10.5. The van der Waals surface area contributed by atoms with E-state index in [0.29, 0.717) is 35.8 Å². The van der Waals surface area contributed by atoms with Crippen LogP contribution in [0.15, 0.2) is 48.5 Å². The molecule has 2 aromatic carbocycles. The van der Waals surface area contributed by atoms with Crippen LogP contribution in [0, 0.1) is 6.92 Å². The molecule has 8 heteroatoms. The lowest BCUT2D eigenvalue weighted by atomic mass is 9.92. The van der Waals surface area contributed by atoms with Gasteiger partial charge in [0.25, 0.3) is 5.91 Å². The summed E-state index contributed by atoms with van der Waals surface area (Å²) in [5.74, 6) is 0.998. The van der Waals surface area contributed by atoms with Crippen molar-refractivity contribution in [2.24, 2.45) is 0 Å². The zero-order chi connectivity index (χ0) is 26.5. The normalized spacial score (nSPS) is 11.2. The number of hydrogen-bond acceptors (Lipinski definition) is 5. The van der Waals surface area contributed by atoms with E-state index in [9.17, 15) is 9.59 Å². The van der Waals surface area contributed by atoms with Gasteiger partial charge in [0.05, 0.1) is 25.6 Å². The number of benzene rings is 2. The van der Waals surface area contributed by atoms with Gasteiger partial charge < -0.3 is 19.7 Å². The molecular formula is C28H36N4O4. The maximum Gasteiger partial charge on any atom is 0.254 e. The van der Waals surface area contributed by atoms with Gasteiger partial charge in [-0.15, -0.1) is 0 Å². The van der Waals surface area contributed by atoms with Crippen molar-refractivity contribution in [1.82, 2.24) is 14.7 Å². The summed E-state index contributed by atoms with van der Waals surface area (Å²) in [7, 11) is 3.06. The van der Waals surface area contributed by atoms with Gasteiger partial charge in [-0.2, -0.15) is 5.10 Å². The van der Waals surface area contributed by atoms with Gasteiger partial charge in [0.15, 0.2) is 0 Å². The first-order chi connectivity index (χ1) is 17.0. The van der Waals surface area contributed by atoms with E-state index in [1.54, 1.807) is 22.9 Å². The highest BCUT2D eigenvalue weighted by molar-refractivity contribution is 5.99. The molecule has 0 spiro atoms. The van der Waals surface area contributed by atoms with Gasteiger partial charge in [0.2, 0.25) is 5.91 Å².